The first kappa shape index (κ1) is 15.2. The van der Waals surface area contributed by atoms with Crippen LogP contribution in [-0.2, 0) is 9.84 Å². The molecule has 8 heteroatoms. The summed E-state index contributed by atoms with van der Waals surface area (Å²) in [6.45, 7) is 0.295. The van der Waals surface area contributed by atoms with Gasteiger partial charge < -0.3 is 16.2 Å². The lowest BCUT2D eigenvalue weighted by atomic mass is 10.1. The molecule has 1 rings (SSSR count). The van der Waals surface area contributed by atoms with Crippen LogP contribution in [0, 0.1) is 5.82 Å². The van der Waals surface area contributed by atoms with E-state index in [1.807, 2.05) is 0 Å². The number of carboxylic acid groups (broad SMARTS) is 1. The first-order valence-corrected chi connectivity index (χ1v) is 7.50. The van der Waals surface area contributed by atoms with Crippen LogP contribution in [0.3, 0.4) is 0 Å². The Balaban J connectivity index is 2.70. The van der Waals surface area contributed by atoms with Gasteiger partial charge in [-0.15, -0.1) is 0 Å². The van der Waals surface area contributed by atoms with Gasteiger partial charge in [0.15, 0.2) is 0 Å². The number of sulfone groups is 1. The molecule has 0 fully saturated rings. The Hall–Kier alpha value is -1.83. The van der Waals surface area contributed by atoms with Gasteiger partial charge in [0.05, 0.1) is 22.7 Å². The van der Waals surface area contributed by atoms with Crippen LogP contribution in [-0.4, -0.2) is 38.0 Å². The minimum Gasteiger partial charge on any atom is -0.478 e. The number of rotatable bonds is 6. The topological polar surface area (TPSA) is 109 Å². The lowest BCUT2D eigenvalue weighted by Crippen LogP contribution is -2.11. The van der Waals surface area contributed by atoms with E-state index in [4.69, 9.17) is 10.8 Å². The van der Waals surface area contributed by atoms with Crippen LogP contribution in [0.4, 0.5) is 15.8 Å². The van der Waals surface area contributed by atoms with Gasteiger partial charge >= 0.3 is 5.97 Å². The highest BCUT2D eigenvalue weighted by molar-refractivity contribution is 7.90. The third-order valence-electron chi connectivity index (χ3n) is 2.38. The average Bonchev–Trinajstić information content (AvgIpc) is 2.26. The maximum absolute atomic E-state index is 13.4. The highest BCUT2D eigenvalue weighted by atomic mass is 32.2. The molecule has 1 aromatic rings. The van der Waals surface area contributed by atoms with E-state index in [1.54, 1.807) is 0 Å². The predicted molar refractivity (Wildman–Crippen MR) is 70.6 cm³/mol. The van der Waals surface area contributed by atoms with Crippen molar-refractivity contribution in [2.24, 2.45) is 0 Å². The Morgan fingerprint density at radius 1 is 1.47 bits per heavy atom. The van der Waals surface area contributed by atoms with Crippen molar-refractivity contribution >= 4 is 27.2 Å². The van der Waals surface area contributed by atoms with Crippen molar-refractivity contribution in [3.8, 4) is 0 Å². The normalized spacial score (nSPS) is 11.3. The summed E-state index contributed by atoms with van der Waals surface area (Å²) in [5.74, 6) is -2.28. The molecule has 0 saturated carbocycles. The van der Waals surface area contributed by atoms with Crippen LogP contribution in [0.5, 0.6) is 0 Å². The molecule has 0 aliphatic rings. The van der Waals surface area contributed by atoms with Gasteiger partial charge in [0, 0.05) is 12.8 Å². The molecule has 0 aliphatic heterocycles. The minimum atomic E-state index is -3.04. The van der Waals surface area contributed by atoms with E-state index in [0.717, 1.165) is 18.4 Å². The fraction of sp³-hybridized carbons (Fsp3) is 0.364. The van der Waals surface area contributed by atoms with Crippen molar-refractivity contribution in [2.45, 2.75) is 6.42 Å². The number of hydrogen-bond donors (Lipinski definition) is 3. The number of aromatic carboxylic acids is 1. The summed E-state index contributed by atoms with van der Waals surface area (Å²) < 4.78 is 35.2. The summed E-state index contributed by atoms with van der Waals surface area (Å²) >= 11 is 0. The van der Waals surface area contributed by atoms with E-state index < -0.39 is 27.2 Å². The van der Waals surface area contributed by atoms with Gasteiger partial charge in [0.2, 0.25) is 0 Å². The molecule has 0 spiro atoms. The van der Waals surface area contributed by atoms with Gasteiger partial charge in [-0.05, 0) is 18.6 Å². The monoisotopic (exact) mass is 290 g/mol. The van der Waals surface area contributed by atoms with Gasteiger partial charge in [-0.3, -0.25) is 0 Å². The molecule has 1 aromatic carbocycles. The number of anilines is 2. The molecule has 0 radical (unpaired) electrons. The molecule has 0 saturated heterocycles. The van der Waals surface area contributed by atoms with Crippen molar-refractivity contribution < 1.29 is 22.7 Å². The number of carbonyl (C=O) groups is 1. The molecular weight excluding hydrogens is 275 g/mol. The molecular formula is C11H15FN2O4S. The molecule has 6 nitrogen and oxygen atoms in total. The number of nitrogens with two attached hydrogens (primary N) is 1. The Labute approximate surface area is 110 Å². The largest absolute Gasteiger partial charge is 0.478 e. The van der Waals surface area contributed by atoms with Gasteiger partial charge in [-0.1, -0.05) is 0 Å². The fourth-order valence-electron chi connectivity index (χ4n) is 1.46. The van der Waals surface area contributed by atoms with E-state index in [2.05, 4.69) is 5.32 Å². The van der Waals surface area contributed by atoms with Crippen LogP contribution in [0.15, 0.2) is 12.1 Å². The Morgan fingerprint density at radius 3 is 2.63 bits per heavy atom. The summed E-state index contributed by atoms with van der Waals surface area (Å²) in [7, 11) is -3.04. The standard InChI is InChI=1S/C11H15FN2O4S/c1-19(17,18)4-2-3-14-10-6-8(12)7(11(15)16)5-9(10)13/h5-6,14H,2-4,13H2,1H3,(H,15,16). The highest BCUT2D eigenvalue weighted by Gasteiger charge is 2.13. The van der Waals surface area contributed by atoms with Crippen molar-refractivity contribution in [3.05, 3.63) is 23.5 Å². The highest BCUT2D eigenvalue weighted by Crippen LogP contribution is 2.23. The van der Waals surface area contributed by atoms with Crippen LogP contribution in [0.2, 0.25) is 0 Å². The molecule has 0 heterocycles. The second-order valence-electron chi connectivity index (χ2n) is 4.13. The third kappa shape index (κ3) is 4.74. The summed E-state index contributed by atoms with van der Waals surface area (Å²) in [6.07, 6.45) is 1.48. The van der Waals surface area contributed by atoms with E-state index in [-0.39, 0.29) is 17.1 Å². The third-order valence-corrected chi connectivity index (χ3v) is 3.41. The van der Waals surface area contributed by atoms with Crippen molar-refractivity contribution in [1.82, 2.24) is 0 Å². The van der Waals surface area contributed by atoms with Crippen LogP contribution in [0.1, 0.15) is 16.8 Å². The van der Waals surface area contributed by atoms with Crippen LogP contribution >= 0.6 is 0 Å². The van der Waals surface area contributed by atoms with Crippen molar-refractivity contribution in [2.75, 3.05) is 29.6 Å². The second-order valence-corrected chi connectivity index (χ2v) is 6.39. The molecule has 4 N–H and O–H groups in total. The number of carboxylic acids is 1. The quantitative estimate of drug-likeness (QED) is 0.531. The zero-order valence-electron chi connectivity index (χ0n) is 10.3. The summed E-state index contributed by atoms with van der Waals surface area (Å²) in [4.78, 5) is 10.7. The first-order chi connectivity index (χ1) is 8.70. The zero-order chi connectivity index (χ0) is 14.6. The minimum absolute atomic E-state index is 0.00952. The van der Waals surface area contributed by atoms with E-state index in [9.17, 15) is 17.6 Å². The van der Waals surface area contributed by atoms with Crippen LogP contribution < -0.4 is 11.1 Å². The summed E-state index contributed by atoms with van der Waals surface area (Å²) in [6, 6.07) is 2.01. The average molecular weight is 290 g/mol. The lowest BCUT2D eigenvalue weighted by molar-refractivity contribution is 0.0692. The van der Waals surface area contributed by atoms with E-state index >= 15 is 0 Å². The Kier molecular flexibility index (Phi) is 4.71. The Bertz CT molecular complexity index is 587. The molecule has 0 aliphatic carbocycles. The Morgan fingerprint density at radius 2 is 2.11 bits per heavy atom. The van der Waals surface area contributed by atoms with Gasteiger partial charge in [0.25, 0.3) is 0 Å². The molecule has 19 heavy (non-hydrogen) atoms. The van der Waals surface area contributed by atoms with Gasteiger partial charge in [-0.2, -0.15) is 0 Å². The molecule has 0 atom stereocenters. The maximum atomic E-state index is 13.4. The second kappa shape index (κ2) is 5.87. The van der Waals surface area contributed by atoms with Gasteiger partial charge in [-0.25, -0.2) is 17.6 Å². The molecule has 0 unspecified atom stereocenters. The van der Waals surface area contributed by atoms with Gasteiger partial charge in [0.1, 0.15) is 15.7 Å². The smallest absolute Gasteiger partial charge is 0.338 e. The predicted octanol–water partition coefficient (Wildman–Crippen LogP) is 0.953. The summed E-state index contributed by atoms with van der Waals surface area (Å²) in [5, 5.41) is 11.5. The number of nitrogens with one attached hydrogen (secondary N) is 1. The number of halogens is 1. The maximum Gasteiger partial charge on any atom is 0.338 e. The van der Waals surface area contributed by atoms with E-state index in [1.165, 1.54) is 0 Å². The SMILES string of the molecule is CS(=O)(=O)CCCNc1cc(F)c(C(=O)O)cc1N. The zero-order valence-corrected chi connectivity index (χ0v) is 11.1. The first-order valence-electron chi connectivity index (χ1n) is 5.44. The van der Waals surface area contributed by atoms with E-state index in [0.29, 0.717) is 13.0 Å². The fourth-order valence-corrected chi connectivity index (χ4v) is 2.13. The van der Waals surface area contributed by atoms with Crippen LogP contribution in [0.25, 0.3) is 0 Å². The number of nitrogen functional groups attached to an aromatic ring is 1. The van der Waals surface area contributed by atoms with Crippen molar-refractivity contribution in [1.29, 1.82) is 0 Å². The lowest BCUT2D eigenvalue weighted by Gasteiger charge is -2.10. The number of benzene rings is 1. The van der Waals surface area contributed by atoms with Crippen molar-refractivity contribution in [3.63, 3.8) is 0 Å². The molecule has 106 valence electrons. The number of hydrogen-bond acceptors (Lipinski definition) is 5. The molecule has 0 amide bonds. The summed E-state index contributed by atoms with van der Waals surface area (Å²) in [5.41, 5.74) is 5.43. The molecule has 0 bridgehead atoms. The molecule has 0 aromatic heterocycles.